The van der Waals surface area contributed by atoms with E-state index in [1.165, 1.54) is 22.2 Å². The molecule has 0 amide bonds. The van der Waals surface area contributed by atoms with Crippen LogP contribution in [0.5, 0.6) is 0 Å². The molecular formula is C23H19Cl2N3OS2. The first-order chi connectivity index (χ1) is 15.0. The largest absolute Gasteiger partial charge is 0.301 e. The highest BCUT2D eigenvalue weighted by atomic mass is 35.5. The summed E-state index contributed by atoms with van der Waals surface area (Å²) in [6.45, 7) is 1.82. The van der Waals surface area contributed by atoms with Gasteiger partial charge in [-0.3, -0.25) is 9.36 Å². The fraction of sp³-hybridized carbons (Fsp3) is 0.217. The maximum absolute atomic E-state index is 13.7. The Morgan fingerprint density at radius 1 is 1.13 bits per heavy atom. The summed E-state index contributed by atoms with van der Waals surface area (Å²) in [6.07, 6.45) is 0.882. The van der Waals surface area contributed by atoms with Gasteiger partial charge in [0.1, 0.15) is 4.83 Å². The van der Waals surface area contributed by atoms with Crippen molar-refractivity contribution in [2.75, 3.05) is 13.6 Å². The molecule has 2 aromatic carbocycles. The predicted molar refractivity (Wildman–Crippen MR) is 131 cm³/mol. The Kier molecular flexibility index (Phi) is 5.84. The Labute approximate surface area is 198 Å². The molecule has 158 valence electrons. The quantitative estimate of drug-likeness (QED) is 0.260. The third-order valence-corrected chi connectivity index (χ3v) is 8.26. The molecule has 0 aliphatic carbocycles. The number of hydrogen-bond donors (Lipinski definition) is 0. The van der Waals surface area contributed by atoms with E-state index in [4.69, 9.17) is 28.2 Å². The van der Waals surface area contributed by atoms with Crippen LogP contribution in [0.4, 0.5) is 0 Å². The molecule has 31 heavy (non-hydrogen) atoms. The molecule has 3 heterocycles. The van der Waals surface area contributed by atoms with Crippen molar-refractivity contribution in [2.45, 2.75) is 23.9 Å². The Bertz CT molecular complexity index is 1330. The summed E-state index contributed by atoms with van der Waals surface area (Å²) >= 11 is 15.4. The van der Waals surface area contributed by atoms with Crippen LogP contribution in [-0.4, -0.2) is 28.0 Å². The summed E-state index contributed by atoms with van der Waals surface area (Å²) in [5, 5.41) is 2.52. The summed E-state index contributed by atoms with van der Waals surface area (Å²) in [5.74, 6) is 0.634. The molecule has 0 unspecified atom stereocenters. The Hall–Kier alpha value is -1.83. The number of thiophene rings is 1. The van der Waals surface area contributed by atoms with Gasteiger partial charge < -0.3 is 4.90 Å². The van der Waals surface area contributed by atoms with E-state index in [2.05, 4.69) is 11.9 Å². The second kappa shape index (κ2) is 8.60. The van der Waals surface area contributed by atoms with E-state index >= 15 is 0 Å². The Balaban J connectivity index is 1.63. The predicted octanol–water partition coefficient (Wildman–Crippen LogP) is 6.03. The third-order valence-electron chi connectivity index (χ3n) is 5.40. The lowest BCUT2D eigenvalue weighted by atomic mass is 10.1. The highest BCUT2D eigenvalue weighted by molar-refractivity contribution is 7.98. The Morgan fingerprint density at radius 2 is 1.94 bits per heavy atom. The van der Waals surface area contributed by atoms with E-state index in [1.54, 1.807) is 22.0 Å². The molecular weight excluding hydrogens is 469 g/mol. The molecule has 0 radical (unpaired) electrons. The second-order valence-corrected chi connectivity index (χ2v) is 10.4. The van der Waals surface area contributed by atoms with Crippen molar-refractivity contribution in [1.29, 1.82) is 0 Å². The smallest absolute Gasteiger partial charge is 0.267 e. The van der Waals surface area contributed by atoms with Gasteiger partial charge in [0.2, 0.25) is 0 Å². The number of thioether (sulfide) groups is 1. The summed E-state index contributed by atoms with van der Waals surface area (Å²) in [7, 11) is 2.11. The molecule has 0 saturated heterocycles. The van der Waals surface area contributed by atoms with Crippen LogP contribution in [0, 0.1) is 0 Å². The summed E-state index contributed by atoms with van der Waals surface area (Å²) in [6, 6.07) is 15.3. The van der Waals surface area contributed by atoms with Gasteiger partial charge in [-0.1, -0.05) is 59.2 Å². The molecule has 1 aliphatic heterocycles. The number of rotatable bonds is 4. The molecule has 0 spiro atoms. The Morgan fingerprint density at radius 3 is 2.71 bits per heavy atom. The molecule has 0 saturated carbocycles. The molecule has 0 N–H and O–H groups in total. The van der Waals surface area contributed by atoms with E-state index < -0.39 is 0 Å². The maximum atomic E-state index is 13.7. The minimum atomic E-state index is 0.00916. The van der Waals surface area contributed by atoms with Crippen LogP contribution < -0.4 is 5.56 Å². The SMILES string of the molecule is CN1CCc2c(sc3nc(SCc4ccc(Cl)c(Cl)c4)n(-c4ccccc4)c(=O)c23)C1. The van der Waals surface area contributed by atoms with E-state index in [-0.39, 0.29) is 5.56 Å². The summed E-state index contributed by atoms with van der Waals surface area (Å²) in [4.78, 5) is 23.1. The average Bonchev–Trinajstić information content (AvgIpc) is 3.12. The minimum absolute atomic E-state index is 0.00916. The normalized spacial score (nSPS) is 14.2. The first-order valence-electron chi connectivity index (χ1n) is 9.89. The van der Waals surface area contributed by atoms with E-state index in [0.717, 1.165) is 41.0 Å². The van der Waals surface area contributed by atoms with Gasteiger partial charge in [0.05, 0.1) is 21.1 Å². The first-order valence-corrected chi connectivity index (χ1v) is 12.4. The first kappa shape index (κ1) is 21.0. The zero-order chi connectivity index (χ0) is 21.5. The van der Waals surface area contributed by atoms with E-state index in [9.17, 15) is 4.79 Å². The van der Waals surface area contributed by atoms with Crippen molar-refractivity contribution in [3.63, 3.8) is 0 Å². The van der Waals surface area contributed by atoms with Crippen LogP contribution in [0.2, 0.25) is 10.0 Å². The number of nitrogens with zero attached hydrogens (tertiary/aromatic N) is 3. The van der Waals surface area contributed by atoms with Crippen molar-refractivity contribution >= 4 is 56.5 Å². The van der Waals surface area contributed by atoms with E-state index in [0.29, 0.717) is 21.0 Å². The highest BCUT2D eigenvalue weighted by Gasteiger charge is 2.24. The maximum Gasteiger partial charge on any atom is 0.267 e. The van der Waals surface area contributed by atoms with Gasteiger partial charge in [-0.2, -0.15) is 0 Å². The van der Waals surface area contributed by atoms with Crippen molar-refractivity contribution in [1.82, 2.24) is 14.5 Å². The van der Waals surface area contributed by atoms with Gasteiger partial charge in [0.15, 0.2) is 5.16 Å². The van der Waals surface area contributed by atoms with Crippen LogP contribution in [0.3, 0.4) is 0 Å². The molecule has 2 aromatic heterocycles. The van der Waals surface area contributed by atoms with Crippen LogP contribution in [-0.2, 0) is 18.7 Å². The average molecular weight is 488 g/mol. The van der Waals surface area contributed by atoms with Crippen molar-refractivity contribution < 1.29 is 0 Å². The van der Waals surface area contributed by atoms with Crippen LogP contribution in [0.1, 0.15) is 16.0 Å². The molecule has 0 fully saturated rings. The van der Waals surface area contributed by atoms with Crippen molar-refractivity contribution in [3.05, 3.63) is 84.9 Å². The summed E-state index contributed by atoms with van der Waals surface area (Å²) < 4.78 is 1.75. The summed E-state index contributed by atoms with van der Waals surface area (Å²) in [5.41, 5.74) is 3.03. The highest BCUT2D eigenvalue weighted by Crippen LogP contribution is 2.35. The minimum Gasteiger partial charge on any atom is -0.301 e. The third kappa shape index (κ3) is 4.03. The fourth-order valence-corrected chi connectivity index (χ4v) is 6.45. The lowest BCUT2D eigenvalue weighted by molar-refractivity contribution is 0.318. The van der Waals surface area contributed by atoms with Crippen LogP contribution in [0.15, 0.2) is 58.5 Å². The molecule has 0 bridgehead atoms. The number of fused-ring (bicyclic) bond motifs is 3. The lowest BCUT2D eigenvalue weighted by Gasteiger charge is -2.21. The van der Waals surface area contributed by atoms with Gasteiger partial charge >= 0.3 is 0 Å². The van der Waals surface area contributed by atoms with Crippen LogP contribution >= 0.6 is 46.3 Å². The molecule has 5 rings (SSSR count). The molecule has 8 heteroatoms. The van der Waals surface area contributed by atoms with Gasteiger partial charge in [-0.25, -0.2) is 4.98 Å². The van der Waals surface area contributed by atoms with E-state index in [1.807, 2.05) is 42.5 Å². The van der Waals surface area contributed by atoms with Gasteiger partial charge in [-0.05, 0) is 48.9 Å². The number of para-hydroxylation sites is 1. The van der Waals surface area contributed by atoms with Crippen molar-refractivity contribution in [3.8, 4) is 5.69 Å². The molecule has 4 nitrogen and oxygen atoms in total. The van der Waals surface area contributed by atoms with Crippen molar-refractivity contribution in [2.24, 2.45) is 0 Å². The zero-order valence-electron chi connectivity index (χ0n) is 16.8. The number of aromatic nitrogens is 2. The monoisotopic (exact) mass is 487 g/mol. The second-order valence-electron chi connectivity index (χ2n) is 7.58. The van der Waals surface area contributed by atoms with Crippen LogP contribution in [0.25, 0.3) is 15.9 Å². The molecule has 4 aromatic rings. The van der Waals surface area contributed by atoms with Gasteiger partial charge in [0.25, 0.3) is 5.56 Å². The lowest BCUT2D eigenvalue weighted by Crippen LogP contribution is -2.27. The number of halogens is 2. The van der Waals surface area contributed by atoms with Gasteiger partial charge in [-0.15, -0.1) is 11.3 Å². The topological polar surface area (TPSA) is 38.1 Å². The molecule has 1 aliphatic rings. The standard InChI is InChI=1S/C23H19Cl2N3OS2/c1-27-10-9-16-19(12-27)31-21-20(16)22(29)28(15-5-3-2-4-6-15)23(26-21)30-13-14-7-8-17(24)18(25)11-14/h2-8,11H,9-10,12-13H2,1H3. The van der Waals surface area contributed by atoms with Gasteiger partial charge in [0, 0.05) is 23.7 Å². The number of hydrogen-bond acceptors (Lipinski definition) is 5. The fourth-order valence-electron chi connectivity index (χ4n) is 3.83. The molecule has 0 atom stereocenters. The number of benzene rings is 2. The number of likely N-dealkylation sites (N-methyl/N-ethyl adjacent to an activating group) is 1. The zero-order valence-corrected chi connectivity index (χ0v) is 19.9.